The Balaban J connectivity index is 1.57. The van der Waals surface area contributed by atoms with Crippen LogP contribution in [0.1, 0.15) is 30.9 Å². The van der Waals surface area contributed by atoms with Gasteiger partial charge >= 0.3 is 0 Å². The average Bonchev–Trinajstić information content (AvgIpc) is 2.64. The lowest BCUT2D eigenvalue weighted by Gasteiger charge is -2.38. The van der Waals surface area contributed by atoms with Gasteiger partial charge in [0.1, 0.15) is 0 Å². The third-order valence-corrected chi connectivity index (χ3v) is 5.50. The number of thiocarbonyl (C=S) groups is 1. The van der Waals surface area contributed by atoms with Crippen LogP contribution in [-0.2, 0) is 0 Å². The first-order chi connectivity index (χ1) is 12.4. The Kier molecular flexibility index (Phi) is 6.05. The van der Waals surface area contributed by atoms with Gasteiger partial charge in [-0.05, 0) is 60.5 Å². The van der Waals surface area contributed by atoms with Gasteiger partial charge in [0.2, 0.25) is 0 Å². The number of rotatable bonds is 3. The molecule has 0 radical (unpaired) electrons. The molecule has 0 amide bonds. The zero-order chi connectivity index (χ0) is 18.7. The van der Waals surface area contributed by atoms with E-state index in [1.165, 1.54) is 16.8 Å². The smallest absolute Gasteiger partial charge is 0.173 e. The minimum absolute atomic E-state index is 0.541. The molecule has 1 aliphatic heterocycles. The van der Waals surface area contributed by atoms with Gasteiger partial charge in [-0.15, -0.1) is 0 Å². The summed E-state index contributed by atoms with van der Waals surface area (Å²) in [5.74, 6) is 0.541. The van der Waals surface area contributed by atoms with Crippen LogP contribution in [0.15, 0.2) is 42.5 Å². The number of piperazine rings is 1. The zero-order valence-electron chi connectivity index (χ0n) is 15.6. The second-order valence-corrected chi connectivity index (χ2v) is 7.93. The van der Waals surface area contributed by atoms with Gasteiger partial charge in [0.15, 0.2) is 5.11 Å². The number of aryl methyl sites for hydroxylation is 1. The predicted octanol–water partition coefficient (Wildman–Crippen LogP) is 5.29. The van der Waals surface area contributed by atoms with E-state index < -0.39 is 0 Å². The molecule has 2 aromatic rings. The highest BCUT2D eigenvalue weighted by atomic mass is 35.5. The molecular weight excluding hydrogens is 362 g/mol. The SMILES string of the molecule is Cc1ccc(Cl)cc1N1CCN(C(=S)Nc2ccc(C(C)C)cc2)CC1. The lowest BCUT2D eigenvalue weighted by molar-refractivity contribution is 0.390. The summed E-state index contributed by atoms with van der Waals surface area (Å²) >= 11 is 11.8. The fourth-order valence-electron chi connectivity index (χ4n) is 3.23. The lowest BCUT2D eigenvalue weighted by Crippen LogP contribution is -2.50. The van der Waals surface area contributed by atoms with Gasteiger partial charge in [0.05, 0.1) is 0 Å². The third-order valence-electron chi connectivity index (χ3n) is 4.91. The maximum atomic E-state index is 6.17. The molecule has 5 heteroatoms. The van der Waals surface area contributed by atoms with Gasteiger partial charge in [-0.2, -0.15) is 0 Å². The van der Waals surface area contributed by atoms with Crippen LogP contribution in [0.2, 0.25) is 5.02 Å². The normalized spacial score (nSPS) is 14.7. The van der Waals surface area contributed by atoms with Gasteiger partial charge in [0, 0.05) is 42.6 Å². The topological polar surface area (TPSA) is 18.5 Å². The van der Waals surface area contributed by atoms with Gasteiger partial charge in [0.25, 0.3) is 0 Å². The molecule has 3 nitrogen and oxygen atoms in total. The molecule has 0 atom stereocenters. The molecule has 0 bridgehead atoms. The first-order valence-corrected chi connectivity index (χ1v) is 9.89. The summed E-state index contributed by atoms with van der Waals surface area (Å²) in [5.41, 5.74) is 4.87. The first kappa shape index (κ1) is 19.0. The molecule has 1 N–H and O–H groups in total. The van der Waals surface area contributed by atoms with Gasteiger partial charge in [-0.3, -0.25) is 0 Å². The summed E-state index contributed by atoms with van der Waals surface area (Å²) in [5, 5.41) is 4.95. The van der Waals surface area contributed by atoms with E-state index in [9.17, 15) is 0 Å². The molecule has 1 aliphatic rings. The molecule has 3 rings (SSSR count). The van der Waals surface area contributed by atoms with E-state index in [0.29, 0.717) is 5.92 Å². The summed E-state index contributed by atoms with van der Waals surface area (Å²) in [6.07, 6.45) is 0. The Hall–Kier alpha value is -1.78. The monoisotopic (exact) mass is 387 g/mol. The number of hydrogen-bond donors (Lipinski definition) is 1. The predicted molar refractivity (Wildman–Crippen MR) is 117 cm³/mol. The molecule has 1 heterocycles. The number of halogens is 1. The van der Waals surface area contributed by atoms with Crippen LogP contribution < -0.4 is 10.2 Å². The number of nitrogens with one attached hydrogen (secondary N) is 1. The highest BCUT2D eigenvalue weighted by Crippen LogP contribution is 2.25. The summed E-state index contributed by atoms with van der Waals surface area (Å²) in [6, 6.07) is 14.6. The quantitative estimate of drug-likeness (QED) is 0.721. The van der Waals surface area contributed by atoms with Crippen LogP contribution in [0.25, 0.3) is 0 Å². The van der Waals surface area contributed by atoms with Crippen molar-refractivity contribution in [3.05, 3.63) is 58.6 Å². The third kappa shape index (κ3) is 4.49. The van der Waals surface area contributed by atoms with Crippen molar-refractivity contribution in [2.45, 2.75) is 26.7 Å². The summed E-state index contributed by atoms with van der Waals surface area (Å²) < 4.78 is 0. The highest BCUT2D eigenvalue weighted by molar-refractivity contribution is 7.80. The van der Waals surface area contributed by atoms with Crippen molar-refractivity contribution in [2.75, 3.05) is 36.4 Å². The molecule has 26 heavy (non-hydrogen) atoms. The highest BCUT2D eigenvalue weighted by Gasteiger charge is 2.20. The average molecular weight is 388 g/mol. The van der Waals surface area contributed by atoms with Crippen LogP contribution in [0, 0.1) is 6.92 Å². The van der Waals surface area contributed by atoms with E-state index >= 15 is 0 Å². The first-order valence-electron chi connectivity index (χ1n) is 9.11. The van der Waals surface area contributed by atoms with Crippen molar-refractivity contribution in [3.8, 4) is 0 Å². The minimum atomic E-state index is 0.541. The minimum Gasteiger partial charge on any atom is -0.368 e. The van der Waals surface area contributed by atoms with E-state index in [1.54, 1.807) is 0 Å². The standard InChI is InChI=1S/C21H26ClN3S/c1-15(2)17-5-8-19(9-6-17)23-21(26)25-12-10-24(11-13-25)20-14-18(22)7-4-16(20)3/h4-9,14-15H,10-13H2,1-3H3,(H,23,26). The largest absolute Gasteiger partial charge is 0.368 e. The second kappa shape index (κ2) is 8.28. The number of hydrogen-bond acceptors (Lipinski definition) is 2. The van der Waals surface area contributed by atoms with Crippen LogP contribution in [0.4, 0.5) is 11.4 Å². The van der Waals surface area contributed by atoms with Crippen molar-refractivity contribution in [3.63, 3.8) is 0 Å². The van der Waals surface area contributed by atoms with Crippen LogP contribution in [0.3, 0.4) is 0 Å². The zero-order valence-corrected chi connectivity index (χ0v) is 17.2. The van der Waals surface area contributed by atoms with Crippen LogP contribution in [-0.4, -0.2) is 36.2 Å². The maximum Gasteiger partial charge on any atom is 0.173 e. The van der Waals surface area contributed by atoms with E-state index in [2.05, 4.69) is 72.3 Å². The molecule has 0 aliphatic carbocycles. The van der Waals surface area contributed by atoms with Crippen molar-refractivity contribution >= 4 is 40.3 Å². The Labute approximate surface area is 166 Å². The number of nitrogens with zero attached hydrogens (tertiary/aromatic N) is 2. The fraction of sp³-hybridized carbons (Fsp3) is 0.381. The van der Waals surface area contributed by atoms with Crippen molar-refractivity contribution in [1.82, 2.24) is 4.90 Å². The second-order valence-electron chi connectivity index (χ2n) is 7.11. The molecule has 1 fully saturated rings. The number of benzene rings is 2. The maximum absolute atomic E-state index is 6.17. The van der Waals surface area contributed by atoms with Crippen molar-refractivity contribution in [1.29, 1.82) is 0 Å². The summed E-state index contributed by atoms with van der Waals surface area (Å²) in [7, 11) is 0. The van der Waals surface area contributed by atoms with Crippen LogP contribution >= 0.6 is 23.8 Å². The van der Waals surface area contributed by atoms with Crippen molar-refractivity contribution < 1.29 is 0 Å². The molecule has 0 unspecified atom stereocenters. The number of anilines is 2. The van der Waals surface area contributed by atoms with E-state index in [4.69, 9.17) is 23.8 Å². The van der Waals surface area contributed by atoms with E-state index in [1.807, 2.05) is 6.07 Å². The molecule has 0 saturated carbocycles. The molecular formula is C21H26ClN3S. The molecule has 0 spiro atoms. The molecule has 2 aromatic carbocycles. The van der Waals surface area contributed by atoms with Crippen molar-refractivity contribution in [2.24, 2.45) is 0 Å². The Morgan fingerprint density at radius 3 is 2.31 bits per heavy atom. The molecule has 1 saturated heterocycles. The molecule has 138 valence electrons. The van der Waals surface area contributed by atoms with Gasteiger partial charge in [-0.25, -0.2) is 0 Å². The Morgan fingerprint density at radius 2 is 1.69 bits per heavy atom. The van der Waals surface area contributed by atoms with E-state index in [-0.39, 0.29) is 0 Å². The van der Waals surface area contributed by atoms with Crippen LogP contribution in [0.5, 0.6) is 0 Å². The van der Waals surface area contributed by atoms with Gasteiger partial charge in [-0.1, -0.05) is 43.6 Å². The van der Waals surface area contributed by atoms with E-state index in [0.717, 1.165) is 42.0 Å². The summed E-state index contributed by atoms with van der Waals surface area (Å²) in [4.78, 5) is 4.62. The Bertz CT molecular complexity index is 765. The van der Waals surface area contributed by atoms with Gasteiger partial charge < -0.3 is 15.1 Å². The summed E-state index contributed by atoms with van der Waals surface area (Å²) in [6.45, 7) is 10.2. The Morgan fingerprint density at radius 1 is 1.04 bits per heavy atom. The lowest BCUT2D eigenvalue weighted by atomic mass is 10.0. The fourth-order valence-corrected chi connectivity index (χ4v) is 3.69. The molecule has 0 aromatic heterocycles.